The van der Waals surface area contributed by atoms with Crippen molar-refractivity contribution in [3.63, 3.8) is 0 Å². The van der Waals surface area contributed by atoms with Crippen LogP contribution in [0.5, 0.6) is 23.0 Å². The monoisotopic (exact) mass is 585 g/mol. The van der Waals surface area contributed by atoms with Gasteiger partial charge in [0.05, 0.1) is 63.4 Å². The quantitative estimate of drug-likeness (QED) is 0.238. The van der Waals surface area contributed by atoms with Gasteiger partial charge in [-0.25, -0.2) is 9.97 Å². The van der Waals surface area contributed by atoms with Crippen LogP contribution < -0.4 is 18.9 Å². The van der Waals surface area contributed by atoms with Gasteiger partial charge in [-0.15, -0.1) is 0 Å². The van der Waals surface area contributed by atoms with Gasteiger partial charge in [-0.1, -0.05) is 0 Å². The fourth-order valence-corrected chi connectivity index (χ4v) is 5.35. The zero-order valence-corrected chi connectivity index (χ0v) is 25.0. The van der Waals surface area contributed by atoms with Crippen LogP contribution in [0, 0.1) is 5.92 Å². The van der Waals surface area contributed by atoms with Crippen LogP contribution in [0.1, 0.15) is 30.1 Å². The van der Waals surface area contributed by atoms with Gasteiger partial charge >= 0.3 is 5.97 Å². The average Bonchev–Trinajstić information content (AvgIpc) is 3.06. The second kappa shape index (κ2) is 13.0. The van der Waals surface area contributed by atoms with Gasteiger partial charge in [-0.3, -0.25) is 9.59 Å². The minimum Gasteiger partial charge on any atom is -0.493 e. The number of ether oxygens (including phenoxy) is 5. The van der Waals surface area contributed by atoms with Crippen LogP contribution in [0.15, 0.2) is 54.6 Å². The molecule has 0 radical (unpaired) electrons. The summed E-state index contributed by atoms with van der Waals surface area (Å²) in [6, 6.07) is 16.4. The first-order chi connectivity index (χ1) is 20.9. The molecule has 0 N–H and O–H groups in total. The molecule has 1 saturated heterocycles. The van der Waals surface area contributed by atoms with Crippen LogP contribution in [0.25, 0.3) is 33.5 Å². The first-order valence-electron chi connectivity index (χ1n) is 14.1. The van der Waals surface area contributed by atoms with Crippen LogP contribution >= 0.6 is 0 Å². The number of rotatable bonds is 9. The van der Waals surface area contributed by atoms with E-state index < -0.39 is 0 Å². The summed E-state index contributed by atoms with van der Waals surface area (Å²) in [5, 5.41) is 0. The summed E-state index contributed by atoms with van der Waals surface area (Å²) in [7, 11) is 6.33. The number of esters is 1. The lowest BCUT2D eigenvalue weighted by molar-refractivity contribution is -0.149. The summed E-state index contributed by atoms with van der Waals surface area (Å²) in [6.45, 7) is 3.01. The fraction of sp³-hybridized carbons (Fsp3) is 0.333. The molecule has 0 bridgehead atoms. The summed E-state index contributed by atoms with van der Waals surface area (Å²) >= 11 is 0. The molecule has 0 spiro atoms. The van der Waals surface area contributed by atoms with E-state index in [1.807, 2.05) is 36.4 Å². The van der Waals surface area contributed by atoms with E-state index in [1.165, 1.54) is 0 Å². The molecule has 0 unspecified atom stereocenters. The van der Waals surface area contributed by atoms with Crippen molar-refractivity contribution < 1.29 is 33.3 Å². The van der Waals surface area contributed by atoms with Gasteiger partial charge < -0.3 is 28.6 Å². The molecule has 1 fully saturated rings. The Morgan fingerprint density at radius 1 is 0.767 bits per heavy atom. The first-order valence-corrected chi connectivity index (χ1v) is 14.1. The Balaban J connectivity index is 1.60. The highest BCUT2D eigenvalue weighted by atomic mass is 16.5. The van der Waals surface area contributed by atoms with E-state index in [2.05, 4.69) is 0 Å². The number of methoxy groups -OCH3 is 4. The third kappa shape index (κ3) is 6.04. The standard InChI is InChI=1S/C33H35N3O7/c1-6-43-33(38)23-8-7-15-36(19-23)32(37)22-9-12-24-25(16-22)35-31(21-11-14-27(40-3)29(18-21)42-5)30(34-24)20-10-13-26(39-2)28(17-20)41-4/h9-14,16-18,23H,6-8,15,19H2,1-5H3/t23-/m1/s1. The van der Waals surface area contributed by atoms with E-state index >= 15 is 0 Å². The second-order valence-corrected chi connectivity index (χ2v) is 10.1. The number of aromatic nitrogens is 2. The number of likely N-dealkylation sites (tertiary alicyclic amines) is 1. The molecule has 0 saturated carbocycles. The molecule has 1 aliphatic rings. The number of amides is 1. The molecule has 224 valence electrons. The van der Waals surface area contributed by atoms with E-state index in [1.54, 1.807) is 58.5 Å². The zero-order valence-electron chi connectivity index (χ0n) is 25.0. The molecule has 1 atom stereocenters. The van der Waals surface area contributed by atoms with Crippen LogP contribution in [-0.2, 0) is 9.53 Å². The highest BCUT2D eigenvalue weighted by Crippen LogP contribution is 2.39. The Morgan fingerprint density at radius 2 is 1.35 bits per heavy atom. The highest BCUT2D eigenvalue weighted by molar-refractivity contribution is 5.98. The molecule has 1 aromatic heterocycles. The third-order valence-corrected chi connectivity index (χ3v) is 7.55. The van der Waals surface area contributed by atoms with Crippen LogP contribution in [0.2, 0.25) is 0 Å². The molecular weight excluding hydrogens is 550 g/mol. The Morgan fingerprint density at radius 3 is 1.91 bits per heavy atom. The maximum atomic E-state index is 13.6. The number of nitrogens with zero attached hydrogens (tertiary/aromatic N) is 3. The molecule has 0 aliphatic carbocycles. The lowest BCUT2D eigenvalue weighted by atomic mass is 9.97. The summed E-state index contributed by atoms with van der Waals surface area (Å²) < 4.78 is 27.2. The van der Waals surface area contributed by atoms with Crippen LogP contribution in [0.4, 0.5) is 0 Å². The number of fused-ring (bicyclic) bond motifs is 1. The van der Waals surface area contributed by atoms with Gasteiger partial charge in [-0.2, -0.15) is 0 Å². The van der Waals surface area contributed by atoms with E-state index in [9.17, 15) is 9.59 Å². The third-order valence-electron chi connectivity index (χ3n) is 7.55. The van der Waals surface area contributed by atoms with Crippen molar-refractivity contribution in [2.24, 2.45) is 5.92 Å². The number of hydrogen-bond donors (Lipinski definition) is 0. The van der Waals surface area contributed by atoms with Gasteiger partial charge in [0.2, 0.25) is 0 Å². The van der Waals surface area contributed by atoms with Gasteiger partial charge in [0.1, 0.15) is 0 Å². The molecule has 1 amide bonds. The second-order valence-electron chi connectivity index (χ2n) is 10.1. The van der Waals surface area contributed by atoms with Gasteiger partial charge in [-0.05, 0) is 74.4 Å². The van der Waals surface area contributed by atoms with E-state index in [4.69, 9.17) is 33.7 Å². The minimum absolute atomic E-state index is 0.158. The molecule has 2 heterocycles. The maximum Gasteiger partial charge on any atom is 0.310 e. The molecule has 43 heavy (non-hydrogen) atoms. The normalized spacial score (nSPS) is 14.7. The fourth-order valence-electron chi connectivity index (χ4n) is 5.35. The lowest BCUT2D eigenvalue weighted by Crippen LogP contribution is -2.42. The number of carbonyl (C=O) groups is 2. The summed E-state index contributed by atoms with van der Waals surface area (Å²) in [6.07, 6.45) is 1.44. The predicted octanol–water partition coefficient (Wildman–Crippen LogP) is 5.41. The number of piperidine rings is 1. The lowest BCUT2D eigenvalue weighted by Gasteiger charge is -2.31. The van der Waals surface area contributed by atoms with E-state index in [0.717, 1.165) is 17.5 Å². The first kappa shape index (κ1) is 29.6. The molecule has 10 heteroatoms. The smallest absolute Gasteiger partial charge is 0.310 e. The SMILES string of the molecule is CCOC(=O)[C@@H]1CCCN(C(=O)c2ccc3nc(-c4ccc(OC)c(OC)c4)c(-c4ccc(OC)c(OC)c4)nc3c2)C1. The van der Waals surface area contributed by atoms with Crippen LogP contribution in [-0.4, -0.2) is 74.9 Å². The van der Waals surface area contributed by atoms with Crippen molar-refractivity contribution in [3.8, 4) is 45.5 Å². The highest BCUT2D eigenvalue weighted by Gasteiger charge is 2.30. The minimum atomic E-state index is -0.321. The summed E-state index contributed by atoms with van der Waals surface area (Å²) in [5.41, 5.74) is 4.38. The largest absolute Gasteiger partial charge is 0.493 e. The number of carbonyl (C=O) groups excluding carboxylic acids is 2. The molecule has 4 aromatic rings. The van der Waals surface area contributed by atoms with Gasteiger partial charge in [0, 0.05) is 29.8 Å². The molecular formula is C33H35N3O7. The summed E-state index contributed by atoms with van der Waals surface area (Å²) in [4.78, 5) is 37.7. The number of hydrogen-bond acceptors (Lipinski definition) is 9. The van der Waals surface area contributed by atoms with Crippen LogP contribution in [0.3, 0.4) is 0 Å². The Hall–Kier alpha value is -4.86. The molecule has 5 rings (SSSR count). The van der Waals surface area contributed by atoms with Crippen molar-refractivity contribution in [1.82, 2.24) is 14.9 Å². The van der Waals surface area contributed by atoms with Gasteiger partial charge in [0.15, 0.2) is 23.0 Å². The van der Waals surface area contributed by atoms with Crippen molar-refractivity contribution in [2.45, 2.75) is 19.8 Å². The van der Waals surface area contributed by atoms with Crippen molar-refractivity contribution >= 4 is 22.9 Å². The predicted molar refractivity (Wildman–Crippen MR) is 162 cm³/mol. The summed E-state index contributed by atoms with van der Waals surface area (Å²) in [5.74, 6) is 1.55. The van der Waals surface area contributed by atoms with Crippen molar-refractivity contribution in [1.29, 1.82) is 0 Å². The number of benzene rings is 3. The van der Waals surface area contributed by atoms with Crippen molar-refractivity contribution in [3.05, 3.63) is 60.2 Å². The topological polar surface area (TPSA) is 109 Å². The van der Waals surface area contributed by atoms with Crippen molar-refractivity contribution in [2.75, 3.05) is 48.1 Å². The Kier molecular flexibility index (Phi) is 8.94. The Labute approximate surface area is 250 Å². The molecule has 10 nitrogen and oxygen atoms in total. The Bertz CT molecular complexity index is 1660. The maximum absolute atomic E-state index is 13.6. The van der Waals surface area contributed by atoms with E-state index in [-0.39, 0.29) is 17.8 Å². The zero-order chi connectivity index (χ0) is 30.5. The molecule has 1 aliphatic heterocycles. The van der Waals surface area contributed by atoms with Gasteiger partial charge in [0.25, 0.3) is 5.91 Å². The average molecular weight is 586 g/mol. The van der Waals surface area contributed by atoms with E-state index in [0.29, 0.717) is 77.1 Å². The molecule has 3 aromatic carbocycles.